The summed E-state index contributed by atoms with van der Waals surface area (Å²) in [7, 11) is 0. The fraction of sp³-hybridized carbons (Fsp3) is 0.385. The molecule has 1 unspecified atom stereocenters. The summed E-state index contributed by atoms with van der Waals surface area (Å²) in [5.74, 6) is 0. The summed E-state index contributed by atoms with van der Waals surface area (Å²) in [5.41, 5.74) is 3.15. The molecule has 0 radical (unpaired) electrons. The Morgan fingerprint density at radius 3 is 3.12 bits per heavy atom. The Kier molecular flexibility index (Phi) is 2.68. The van der Waals surface area contributed by atoms with Crippen molar-refractivity contribution in [2.24, 2.45) is 0 Å². The van der Waals surface area contributed by atoms with Crippen molar-refractivity contribution in [2.75, 3.05) is 0 Å². The second-order valence-corrected chi connectivity index (χ2v) is 5.51. The summed E-state index contributed by atoms with van der Waals surface area (Å²) in [6.07, 6.45) is 6.21. The average molecular weight is 246 g/mol. The fourth-order valence-corrected chi connectivity index (χ4v) is 3.43. The first-order valence-corrected chi connectivity index (χ1v) is 6.66. The lowest BCUT2D eigenvalue weighted by Gasteiger charge is -2.14. The van der Waals surface area contributed by atoms with E-state index in [9.17, 15) is 5.11 Å². The lowest BCUT2D eigenvalue weighted by atomic mass is 10.0. The van der Waals surface area contributed by atoms with Crippen LogP contribution in [0.5, 0.6) is 0 Å². The molecule has 3 nitrogen and oxygen atoms in total. The van der Waals surface area contributed by atoms with Crippen LogP contribution in [0.1, 0.15) is 35.1 Å². The van der Waals surface area contributed by atoms with E-state index in [-0.39, 0.29) is 6.10 Å². The Morgan fingerprint density at radius 1 is 1.47 bits per heavy atom. The normalized spacial score (nSPS) is 19.1. The molecule has 0 bridgehead atoms. The van der Waals surface area contributed by atoms with Gasteiger partial charge in [0.2, 0.25) is 0 Å². The highest BCUT2D eigenvalue weighted by molar-refractivity contribution is 7.15. The highest BCUT2D eigenvalue weighted by Crippen LogP contribution is 2.37. The molecule has 1 aliphatic rings. The van der Waals surface area contributed by atoms with Crippen molar-refractivity contribution >= 4 is 11.3 Å². The highest BCUT2D eigenvalue weighted by atomic mass is 32.1. The third kappa shape index (κ3) is 1.87. The van der Waals surface area contributed by atoms with E-state index < -0.39 is 0 Å². The minimum atomic E-state index is -0.374. The molecular weight excluding hydrogens is 232 g/mol. The number of thiazole rings is 1. The van der Waals surface area contributed by atoms with E-state index >= 15 is 0 Å². The quantitative estimate of drug-likeness (QED) is 0.841. The van der Waals surface area contributed by atoms with Crippen molar-refractivity contribution in [1.82, 2.24) is 9.97 Å². The molecule has 0 aromatic carbocycles. The van der Waals surface area contributed by atoms with Crippen molar-refractivity contribution in [3.63, 3.8) is 0 Å². The molecular formula is C13H14N2OS. The first kappa shape index (κ1) is 10.9. The Bertz CT molecular complexity index is 550. The van der Waals surface area contributed by atoms with Gasteiger partial charge in [-0.15, -0.1) is 11.3 Å². The van der Waals surface area contributed by atoms with E-state index in [2.05, 4.69) is 16.9 Å². The molecule has 88 valence electrons. The molecule has 1 N–H and O–H groups in total. The zero-order valence-electron chi connectivity index (χ0n) is 9.68. The van der Waals surface area contributed by atoms with Gasteiger partial charge < -0.3 is 5.11 Å². The van der Waals surface area contributed by atoms with Gasteiger partial charge in [0, 0.05) is 22.8 Å². The predicted molar refractivity (Wildman–Crippen MR) is 68.0 cm³/mol. The first-order chi connectivity index (χ1) is 8.25. The highest BCUT2D eigenvalue weighted by Gasteiger charge is 2.23. The van der Waals surface area contributed by atoms with Gasteiger partial charge in [-0.1, -0.05) is 0 Å². The molecule has 0 saturated heterocycles. The van der Waals surface area contributed by atoms with Crippen LogP contribution >= 0.6 is 11.3 Å². The number of fused-ring (bicyclic) bond motifs is 1. The van der Waals surface area contributed by atoms with Gasteiger partial charge in [-0.05, 0) is 37.8 Å². The second kappa shape index (κ2) is 4.20. The molecule has 2 heterocycles. The summed E-state index contributed by atoms with van der Waals surface area (Å²) in [6.45, 7) is 2.06. The van der Waals surface area contributed by atoms with Crippen LogP contribution < -0.4 is 0 Å². The lowest BCUT2D eigenvalue weighted by molar-refractivity contribution is 0.153. The summed E-state index contributed by atoms with van der Waals surface area (Å²) in [4.78, 5) is 9.98. The van der Waals surface area contributed by atoms with E-state index in [4.69, 9.17) is 0 Å². The topological polar surface area (TPSA) is 46.0 Å². The van der Waals surface area contributed by atoms with E-state index in [1.165, 1.54) is 10.4 Å². The minimum Gasteiger partial charge on any atom is -0.387 e. The van der Waals surface area contributed by atoms with Gasteiger partial charge in [0.05, 0.1) is 11.8 Å². The van der Waals surface area contributed by atoms with Crippen LogP contribution in [0.4, 0.5) is 0 Å². The Hall–Kier alpha value is -1.26. The SMILES string of the molecule is Cc1ccncc1-c1nc2c(s1)CCCC2O. The number of nitrogens with zero attached hydrogens (tertiary/aromatic N) is 2. The van der Waals surface area contributed by atoms with Crippen molar-refractivity contribution in [3.8, 4) is 10.6 Å². The van der Waals surface area contributed by atoms with Gasteiger partial charge in [-0.25, -0.2) is 4.98 Å². The number of hydrogen-bond donors (Lipinski definition) is 1. The summed E-state index contributed by atoms with van der Waals surface area (Å²) < 4.78 is 0. The monoisotopic (exact) mass is 246 g/mol. The maximum absolute atomic E-state index is 9.92. The standard InChI is InChI=1S/C13H14N2OS/c1-8-5-6-14-7-9(8)13-15-12-10(16)3-2-4-11(12)17-13/h5-7,10,16H,2-4H2,1H3. The number of pyridine rings is 1. The van der Waals surface area contributed by atoms with Crippen LogP contribution in [0.3, 0.4) is 0 Å². The molecule has 17 heavy (non-hydrogen) atoms. The molecule has 0 saturated carbocycles. The van der Waals surface area contributed by atoms with E-state index in [1.807, 2.05) is 12.3 Å². The average Bonchev–Trinajstić information content (AvgIpc) is 2.75. The fourth-order valence-electron chi connectivity index (χ4n) is 2.20. The number of aliphatic hydroxyl groups is 1. The molecule has 1 atom stereocenters. The van der Waals surface area contributed by atoms with E-state index in [0.29, 0.717) is 0 Å². The molecule has 0 aliphatic heterocycles. The maximum atomic E-state index is 9.92. The van der Waals surface area contributed by atoms with Gasteiger partial charge in [-0.2, -0.15) is 0 Å². The largest absolute Gasteiger partial charge is 0.387 e. The zero-order valence-corrected chi connectivity index (χ0v) is 10.5. The molecule has 0 amide bonds. The third-order valence-corrected chi connectivity index (χ3v) is 4.36. The van der Waals surface area contributed by atoms with Crippen LogP contribution in [0.25, 0.3) is 10.6 Å². The maximum Gasteiger partial charge on any atom is 0.125 e. The molecule has 1 aliphatic carbocycles. The van der Waals surface area contributed by atoms with Crippen molar-refractivity contribution in [2.45, 2.75) is 32.3 Å². The lowest BCUT2D eigenvalue weighted by Crippen LogP contribution is -2.07. The third-order valence-electron chi connectivity index (χ3n) is 3.19. The molecule has 2 aromatic heterocycles. The number of hydrogen-bond acceptors (Lipinski definition) is 4. The first-order valence-electron chi connectivity index (χ1n) is 5.84. The molecule has 0 spiro atoms. The van der Waals surface area contributed by atoms with Crippen molar-refractivity contribution in [3.05, 3.63) is 34.6 Å². The van der Waals surface area contributed by atoms with Crippen LogP contribution in [0.15, 0.2) is 18.5 Å². The predicted octanol–water partition coefficient (Wildman–Crippen LogP) is 2.88. The van der Waals surface area contributed by atoms with Crippen molar-refractivity contribution < 1.29 is 5.11 Å². The van der Waals surface area contributed by atoms with Gasteiger partial charge in [-0.3, -0.25) is 4.98 Å². The van der Waals surface area contributed by atoms with E-state index in [1.54, 1.807) is 17.5 Å². The summed E-state index contributed by atoms with van der Waals surface area (Å²) in [6, 6.07) is 1.99. The second-order valence-electron chi connectivity index (χ2n) is 4.43. The number of aryl methyl sites for hydroxylation is 2. The van der Waals surface area contributed by atoms with Crippen LogP contribution in [0.2, 0.25) is 0 Å². The van der Waals surface area contributed by atoms with Gasteiger partial charge >= 0.3 is 0 Å². The smallest absolute Gasteiger partial charge is 0.125 e. The summed E-state index contributed by atoms with van der Waals surface area (Å²) in [5, 5.41) is 10.9. The Morgan fingerprint density at radius 2 is 2.35 bits per heavy atom. The number of aliphatic hydroxyl groups excluding tert-OH is 1. The van der Waals surface area contributed by atoms with Crippen LogP contribution in [-0.4, -0.2) is 15.1 Å². The molecule has 2 aromatic rings. The van der Waals surface area contributed by atoms with Crippen LogP contribution in [-0.2, 0) is 6.42 Å². The number of aromatic nitrogens is 2. The Balaban J connectivity index is 2.08. The van der Waals surface area contributed by atoms with Crippen LogP contribution in [0, 0.1) is 6.92 Å². The van der Waals surface area contributed by atoms with Crippen molar-refractivity contribution in [1.29, 1.82) is 0 Å². The summed E-state index contributed by atoms with van der Waals surface area (Å²) >= 11 is 1.70. The molecule has 3 rings (SSSR count). The van der Waals surface area contributed by atoms with Gasteiger partial charge in [0.15, 0.2) is 0 Å². The molecule has 4 heteroatoms. The molecule has 0 fully saturated rings. The Labute approximate surface area is 104 Å². The van der Waals surface area contributed by atoms with Gasteiger partial charge in [0.1, 0.15) is 5.01 Å². The van der Waals surface area contributed by atoms with Gasteiger partial charge in [0.25, 0.3) is 0 Å². The zero-order chi connectivity index (χ0) is 11.8. The minimum absolute atomic E-state index is 0.374. The number of rotatable bonds is 1. The van der Waals surface area contributed by atoms with E-state index in [0.717, 1.165) is 35.5 Å².